The van der Waals surface area contributed by atoms with E-state index in [0.29, 0.717) is 19.3 Å². The number of carbonyl (C=O) groups excluding carboxylic acids is 3. The number of aromatic nitrogens is 2. The van der Waals surface area contributed by atoms with Crippen molar-refractivity contribution in [1.82, 2.24) is 26.3 Å². The van der Waals surface area contributed by atoms with E-state index in [1.807, 2.05) is 13.8 Å². The first kappa shape index (κ1) is 33.0. The molecule has 2 amide bonds. The van der Waals surface area contributed by atoms with Gasteiger partial charge in [-0.05, 0) is 50.1 Å². The molecular weight excluding hydrogens is 545 g/mol. The number of nitrogens with zero attached hydrogens (tertiary/aromatic N) is 3. The zero-order valence-corrected chi connectivity index (χ0v) is 23.6. The molecule has 0 unspecified atom stereocenters. The number of alkyl carbamates (subject to hydrolysis) is 1. The van der Waals surface area contributed by atoms with Crippen molar-refractivity contribution in [2.24, 2.45) is 10.5 Å². The maximum Gasteiger partial charge on any atom is 0.416 e. The minimum atomic E-state index is -4.50. The highest BCUT2D eigenvalue weighted by molar-refractivity contribution is 6.38. The Balaban J connectivity index is 2.26. The van der Waals surface area contributed by atoms with Gasteiger partial charge in [0.1, 0.15) is 11.9 Å². The summed E-state index contributed by atoms with van der Waals surface area (Å²) < 4.78 is 50.1. The van der Waals surface area contributed by atoms with E-state index >= 15 is 0 Å². The monoisotopic (exact) mass is 580 g/mol. The van der Waals surface area contributed by atoms with Crippen molar-refractivity contribution in [3.05, 3.63) is 47.6 Å². The summed E-state index contributed by atoms with van der Waals surface area (Å²) in [6, 6.07) is 2.99. The topological polar surface area (TPSA) is 148 Å². The number of hydrogen-bond acceptors (Lipinski definition) is 9. The molecule has 2 aromatic rings. The fourth-order valence-electron chi connectivity index (χ4n) is 3.54. The van der Waals surface area contributed by atoms with Gasteiger partial charge < -0.3 is 19.8 Å². The van der Waals surface area contributed by atoms with Gasteiger partial charge in [-0.15, -0.1) is 10.2 Å². The van der Waals surface area contributed by atoms with Crippen LogP contribution in [0.25, 0.3) is 11.5 Å². The van der Waals surface area contributed by atoms with E-state index in [2.05, 4.69) is 38.1 Å². The molecule has 0 aliphatic rings. The predicted octanol–water partition coefficient (Wildman–Crippen LogP) is 5.27. The summed E-state index contributed by atoms with van der Waals surface area (Å²) in [5, 5.41) is 16.2. The summed E-state index contributed by atoms with van der Waals surface area (Å²) in [4.78, 5) is 38.5. The lowest BCUT2D eigenvalue weighted by molar-refractivity contribution is -0.138. The zero-order valence-electron chi connectivity index (χ0n) is 23.6. The van der Waals surface area contributed by atoms with Gasteiger partial charge >= 0.3 is 12.3 Å². The van der Waals surface area contributed by atoms with Gasteiger partial charge in [0.15, 0.2) is 6.10 Å². The molecule has 3 N–H and O–H groups in total. The summed E-state index contributed by atoms with van der Waals surface area (Å²) in [7, 11) is 0. The molecule has 2 rings (SSSR count). The Bertz CT molecular complexity index is 1240. The number of hydrazone groups is 1. The third-order valence-corrected chi connectivity index (χ3v) is 6.39. The molecule has 0 radical (unpaired) electrons. The Hall–Kier alpha value is -4.23. The van der Waals surface area contributed by atoms with Crippen molar-refractivity contribution in [1.29, 1.82) is 0 Å². The Kier molecular flexibility index (Phi) is 11.6. The highest BCUT2D eigenvalue weighted by Gasteiger charge is 2.38. The number of nitrogens with one attached hydrogen (secondary N) is 3. The van der Waals surface area contributed by atoms with Crippen LogP contribution in [0, 0.1) is 5.41 Å². The van der Waals surface area contributed by atoms with Crippen molar-refractivity contribution in [2.75, 3.05) is 0 Å². The van der Waals surface area contributed by atoms with Crippen molar-refractivity contribution < 1.29 is 36.7 Å². The Morgan fingerprint density at radius 3 is 2.34 bits per heavy atom. The van der Waals surface area contributed by atoms with Crippen LogP contribution in [0.3, 0.4) is 0 Å². The molecule has 1 aromatic heterocycles. The van der Waals surface area contributed by atoms with Crippen LogP contribution in [0.4, 0.5) is 18.0 Å². The third-order valence-electron chi connectivity index (χ3n) is 6.39. The van der Waals surface area contributed by atoms with Crippen LogP contribution in [0.1, 0.15) is 77.9 Å². The number of hydrogen-bond donors (Lipinski definition) is 3. The second-order valence-corrected chi connectivity index (χ2v) is 9.78. The number of halogens is 3. The summed E-state index contributed by atoms with van der Waals surface area (Å²) >= 11 is 0. The number of Topliss-reactive ketones (excluding diaryl/α,β-unsaturated/α-hetero) is 1. The smallest absolute Gasteiger partial charge is 0.416 e. The van der Waals surface area contributed by atoms with Gasteiger partial charge in [-0.2, -0.15) is 18.3 Å². The number of benzene rings is 1. The standard InChI is InChI=1S/C27H35F3N6O5/c1-7-10-11-18(20(37)22(38)33-19(8-2)34-31-6)32-25(39)40-21(26(4,5)9-3)24-36-35-23(41-24)16-12-14-17(15-13-16)27(28,29)30/h8,12-15,18,21,34H,6-7,9-11H2,1-5H3,(H,32,39)(H,33,38)/b19-8-/t18-,21+/m0/s1. The molecule has 224 valence electrons. The number of rotatable bonds is 14. The predicted molar refractivity (Wildman–Crippen MR) is 144 cm³/mol. The maximum absolute atomic E-state index is 13.0. The minimum Gasteiger partial charge on any atom is -0.436 e. The van der Waals surface area contributed by atoms with Crippen LogP contribution in [0.15, 0.2) is 45.7 Å². The number of alkyl halides is 3. The Morgan fingerprint density at radius 2 is 1.80 bits per heavy atom. The van der Waals surface area contributed by atoms with Crippen LogP contribution in [-0.4, -0.2) is 40.7 Å². The van der Waals surface area contributed by atoms with Crippen LogP contribution < -0.4 is 16.1 Å². The Labute approximate surface area is 236 Å². The quantitative estimate of drug-likeness (QED) is 0.156. The molecule has 1 heterocycles. The second-order valence-electron chi connectivity index (χ2n) is 9.78. The lowest BCUT2D eigenvalue weighted by atomic mass is 9.83. The molecule has 0 saturated carbocycles. The molecule has 1 aromatic carbocycles. The second kappa shape index (κ2) is 14.4. The average Bonchev–Trinajstić information content (AvgIpc) is 3.42. The van der Waals surface area contributed by atoms with E-state index in [1.54, 1.807) is 20.8 Å². The van der Waals surface area contributed by atoms with Gasteiger partial charge in [-0.25, -0.2) is 4.79 Å². The minimum absolute atomic E-state index is 0.0651. The molecule has 0 aliphatic heterocycles. The maximum atomic E-state index is 13.0. The summed E-state index contributed by atoms with van der Waals surface area (Å²) in [5.41, 5.74) is 1.12. The largest absolute Gasteiger partial charge is 0.436 e. The SMILES string of the molecule is C=NN/C(=C\C)NC(=O)C(=O)[C@H](CCCC)NC(=O)O[C@H](c1nnc(-c2ccc(C(F)(F)F)cc2)o1)C(C)(C)CC. The van der Waals surface area contributed by atoms with Crippen molar-refractivity contribution in [3.8, 4) is 11.5 Å². The zero-order chi connectivity index (χ0) is 30.8. The van der Waals surface area contributed by atoms with Gasteiger partial charge in [-0.1, -0.05) is 40.5 Å². The van der Waals surface area contributed by atoms with Crippen molar-refractivity contribution >= 4 is 24.5 Å². The highest BCUT2D eigenvalue weighted by Crippen LogP contribution is 2.40. The first-order chi connectivity index (χ1) is 19.3. The molecule has 0 fully saturated rings. The van der Waals surface area contributed by atoms with Gasteiger partial charge in [0.25, 0.3) is 11.8 Å². The highest BCUT2D eigenvalue weighted by atomic mass is 19.4. The molecule has 14 heteroatoms. The van der Waals surface area contributed by atoms with Crippen LogP contribution in [0.5, 0.6) is 0 Å². The van der Waals surface area contributed by atoms with Crippen molar-refractivity contribution in [2.45, 2.75) is 78.6 Å². The number of carbonyl (C=O) groups is 3. The molecule has 0 bridgehead atoms. The molecule has 2 atom stereocenters. The molecule has 11 nitrogen and oxygen atoms in total. The molecule has 0 saturated heterocycles. The van der Waals surface area contributed by atoms with Gasteiger partial charge in [-0.3, -0.25) is 15.0 Å². The fraction of sp³-hybridized carbons (Fsp3) is 0.481. The fourth-order valence-corrected chi connectivity index (χ4v) is 3.54. The number of unbranched alkanes of at least 4 members (excludes halogenated alkanes) is 1. The van der Waals surface area contributed by atoms with E-state index in [9.17, 15) is 27.6 Å². The number of ketones is 1. The summed E-state index contributed by atoms with van der Waals surface area (Å²) in [6.07, 6.45) is -3.19. The van der Waals surface area contributed by atoms with Crippen LogP contribution in [-0.2, 0) is 20.5 Å². The van der Waals surface area contributed by atoms with Crippen LogP contribution in [0.2, 0.25) is 0 Å². The van der Waals surface area contributed by atoms with E-state index in [-0.39, 0.29) is 29.6 Å². The third kappa shape index (κ3) is 9.15. The molecule has 0 aliphatic carbocycles. The summed E-state index contributed by atoms with van der Waals surface area (Å²) in [6.45, 7) is 12.2. The first-order valence-corrected chi connectivity index (χ1v) is 13.0. The van der Waals surface area contributed by atoms with E-state index in [0.717, 1.165) is 12.1 Å². The van der Waals surface area contributed by atoms with Crippen LogP contribution >= 0.6 is 0 Å². The number of ether oxygens (including phenoxy) is 1. The summed E-state index contributed by atoms with van der Waals surface area (Å²) in [5.74, 6) is -1.88. The van der Waals surface area contributed by atoms with Crippen molar-refractivity contribution in [3.63, 3.8) is 0 Å². The first-order valence-electron chi connectivity index (χ1n) is 13.0. The molecule has 0 spiro atoms. The molecular formula is C27H35F3N6O5. The number of amides is 2. The van der Waals surface area contributed by atoms with Gasteiger partial charge in [0.2, 0.25) is 11.7 Å². The lowest BCUT2D eigenvalue weighted by Gasteiger charge is -2.30. The van der Waals surface area contributed by atoms with E-state index in [4.69, 9.17) is 9.15 Å². The molecule has 41 heavy (non-hydrogen) atoms. The normalized spacial score (nSPS) is 13.6. The van der Waals surface area contributed by atoms with Gasteiger partial charge in [0, 0.05) is 17.7 Å². The Morgan fingerprint density at radius 1 is 1.15 bits per heavy atom. The van der Waals surface area contributed by atoms with E-state index < -0.39 is 47.1 Å². The van der Waals surface area contributed by atoms with Gasteiger partial charge in [0.05, 0.1) is 5.56 Å². The van der Waals surface area contributed by atoms with E-state index in [1.165, 1.54) is 18.2 Å². The number of allylic oxidation sites excluding steroid dienone is 1. The average molecular weight is 581 g/mol. The lowest BCUT2D eigenvalue weighted by Crippen LogP contribution is -2.48.